The Bertz CT molecular complexity index is 114. The van der Waals surface area contributed by atoms with E-state index < -0.39 is 0 Å². The highest BCUT2D eigenvalue weighted by atomic mass is 14.7. The maximum atomic E-state index is 5.81. The van der Waals surface area contributed by atoms with Gasteiger partial charge in [-0.05, 0) is 26.2 Å². The Morgan fingerprint density at radius 1 is 1.75 bits per heavy atom. The van der Waals surface area contributed by atoms with E-state index in [1.165, 1.54) is 5.57 Å². The second kappa shape index (κ2) is 1.59. The van der Waals surface area contributed by atoms with Crippen molar-refractivity contribution in [2.75, 3.05) is 0 Å². The maximum absolute atomic E-state index is 5.81. The van der Waals surface area contributed by atoms with Gasteiger partial charge in [-0.3, -0.25) is 0 Å². The van der Waals surface area contributed by atoms with Gasteiger partial charge in [0, 0.05) is 5.54 Å². The summed E-state index contributed by atoms with van der Waals surface area (Å²) in [5.74, 6) is 0. The first kappa shape index (κ1) is 5.83. The van der Waals surface area contributed by atoms with Crippen molar-refractivity contribution in [1.82, 2.24) is 0 Å². The fourth-order valence-corrected chi connectivity index (χ4v) is 1.21. The molecule has 0 bridgehead atoms. The molecule has 1 unspecified atom stereocenters. The minimum atomic E-state index is 0.0666. The van der Waals surface area contributed by atoms with Crippen LogP contribution in [0, 0.1) is 0 Å². The molecule has 0 spiro atoms. The van der Waals surface area contributed by atoms with E-state index in [4.69, 9.17) is 5.73 Å². The van der Waals surface area contributed by atoms with Crippen LogP contribution in [0.3, 0.4) is 0 Å². The molecular formula is C7H13N. The molecular weight excluding hydrogens is 98.1 g/mol. The van der Waals surface area contributed by atoms with Gasteiger partial charge in [0.05, 0.1) is 0 Å². The predicted octanol–water partition coefficient (Wildman–Crippen LogP) is 1.44. The van der Waals surface area contributed by atoms with E-state index in [0.717, 1.165) is 19.3 Å². The minimum Gasteiger partial charge on any atom is -0.325 e. The van der Waals surface area contributed by atoms with Gasteiger partial charge in [-0.25, -0.2) is 0 Å². The van der Waals surface area contributed by atoms with Crippen LogP contribution in [0.2, 0.25) is 0 Å². The molecule has 1 saturated carbocycles. The third-order valence-electron chi connectivity index (χ3n) is 1.70. The Balaban J connectivity index is 2.56. The second-order valence-corrected chi connectivity index (χ2v) is 3.08. The van der Waals surface area contributed by atoms with E-state index in [2.05, 4.69) is 13.5 Å². The van der Waals surface area contributed by atoms with Gasteiger partial charge in [0.2, 0.25) is 0 Å². The van der Waals surface area contributed by atoms with Crippen molar-refractivity contribution in [1.29, 1.82) is 0 Å². The largest absolute Gasteiger partial charge is 0.325 e. The molecule has 0 aliphatic heterocycles. The summed E-state index contributed by atoms with van der Waals surface area (Å²) < 4.78 is 0. The van der Waals surface area contributed by atoms with Crippen molar-refractivity contribution in [3.8, 4) is 0 Å². The van der Waals surface area contributed by atoms with E-state index in [1.54, 1.807) is 0 Å². The highest BCUT2D eigenvalue weighted by molar-refractivity contribution is 5.09. The molecule has 1 heteroatoms. The van der Waals surface area contributed by atoms with E-state index in [9.17, 15) is 0 Å². The van der Waals surface area contributed by atoms with Crippen LogP contribution in [0.15, 0.2) is 12.2 Å². The number of rotatable bonds is 0. The van der Waals surface area contributed by atoms with Crippen molar-refractivity contribution < 1.29 is 0 Å². The molecule has 1 atom stereocenters. The van der Waals surface area contributed by atoms with E-state index >= 15 is 0 Å². The van der Waals surface area contributed by atoms with Gasteiger partial charge in [0.15, 0.2) is 0 Å². The zero-order chi connectivity index (χ0) is 6.20. The Kier molecular flexibility index (Phi) is 1.16. The Morgan fingerprint density at radius 3 is 2.50 bits per heavy atom. The average Bonchev–Trinajstić information content (AvgIpc) is 1.82. The average molecular weight is 111 g/mol. The first-order valence-corrected chi connectivity index (χ1v) is 3.06. The summed E-state index contributed by atoms with van der Waals surface area (Å²) in [5.41, 5.74) is 7.19. The lowest BCUT2D eigenvalue weighted by atomic mass is 10.0. The maximum Gasteiger partial charge on any atom is 0.0166 e. The summed E-state index contributed by atoms with van der Waals surface area (Å²) in [4.78, 5) is 0. The Hall–Kier alpha value is -0.300. The lowest BCUT2D eigenvalue weighted by Gasteiger charge is -2.14. The normalized spacial score (nSPS) is 38.5. The molecule has 0 aromatic rings. The van der Waals surface area contributed by atoms with Crippen LogP contribution >= 0.6 is 0 Å². The van der Waals surface area contributed by atoms with Gasteiger partial charge in [-0.2, -0.15) is 0 Å². The zero-order valence-electron chi connectivity index (χ0n) is 5.41. The molecule has 0 aromatic carbocycles. The Morgan fingerprint density at radius 2 is 2.38 bits per heavy atom. The topological polar surface area (TPSA) is 26.0 Å². The first-order chi connectivity index (χ1) is 3.60. The minimum absolute atomic E-state index is 0.0666. The van der Waals surface area contributed by atoms with Gasteiger partial charge >= 0.3 is 0 Å². The molecule has 0 radical (unpaired) electrons. The third-order valence-corrected chi connectivity index (χ3v) is 1.70. The van der Waals surface area contributed by atoms with Crippen LogP contribution in [-0.4, -0.2) is 5.54 Å². The molecule has 0 amide bonds. The van der Waals surface area contributed by atoms with Crippen LogP contribution in [0.4, 0.5) is 0 Å². The van der Waals surface area contributed by atoms with Crippen molar-refractivity contribution in [2.24, 2.45) is 5.73 Å². The van der Waals surface area contributed by atoms with E-state index in [0.29, 0.717) is 0 Å². The van der Waals surface area contributed by atoms with E-state index in [-0.39, 0.29) is 5.54 Å². The second-order valence-electron chi connectivity index (χ2n) is 3.08. The smallest absolute Gasteiger partial charge is 0.0166 e. The standard InChI is InChI=1S/C7H13N/c1-6-3-4-7(2,8)5-6/h1,3-5,8H2,2H3. The molecule has 1 fully saturated rings. The van der Waals surface area contributed by atoms with Crippen molar-refractivity contribution in [2.45, 2.75) is 31.7 Å². The molecule has 1 rings (SSSR count). The van der Waals surface area contributed by atoms with Gasteiger partial charge in [0.1, 0.15) is 0 Å². The fraction of sp³-hybridized carbons (Fsp3) is 0.714. The van der Waals surface area contributed by atoms with Crippen LogP contribution < -0.4 is 5.73 Å². The molecule has 0 heterocycles. The summed E-state index contributed by atoms with van der Waals surface area (Å²) >= 11 is 0. The predicted molar refractivity (Wildman–Crippen MR) is 35.6 cm³/mol. The van der Waals surface area contributed by atoms with Crippen LogP contribution in [-0.2, 0) is 0 Å². The van der Waals surface area contributed by atoms with Crippen LogP contribution in [0.5, 0.6) is 0 Å². The van der Waals surface area contributed by atoms with Gasteiger partial charge in [-0.1, -0.05) is 12.2 Å². The summed E-state index contributed by atoms with van der Waals surface area (Å²) in [6, 6.07) is 0. The SMILES string of the molecule is C=C1CCC(C)(N)C1. The highest BCUT2D eigenvalue weighted by Crippen LogP contribution is 2.29. The van der Waals surface area contributed by atoms with E-state index in [1.807, 2.05) is 0 Å². The monoisotopic (exact) mass is 111 g/mol. The Labute approximate surface area is 50.6 Å². The fourth-order valence-electron chi connectivity index (χ4n) is 1.21. The van der Waals surface area contributed by atoms with Gasteiger partial charge < -0.3 is 5.73 Å². The molecule has 0 saturated heterocycles. The summed E-state index contributed by atoms with van der Waals surface area (Å²) in [5, 5.41) is 0. The van der Waals surface area contributed by atoms with Crippen LogP contribution in [0.1, 0.15) is 26.2 Å². The highest BCUT2D eigenvalue weighted by Gasteiger charge is 2.25. The van der Waals surface area contributed by atoms with Crippen molar-refractivity contribution in [3.05, 3.63) is 12.2 Å². The summed E-state index contributed by atoms with van der Waals surface area (Å²) in [7, 11) is 0. The van der Waals surface area contributed by atoms with Crippen molar-refractivity contribution >= 4 is 0 Å². The lowest BCUT2D eigenvalue weighted by molar-refractivity contribution is 0.494. The number of hydrogen-bond acceptors (Lipinski definition) is 1. The van der Waals surface area contributed by atoms with Gasteiger partial charge in [-0.15, -0.1) is 0 Å². The molecule has 1 nitrogen and oxygen atoms in total. The summed E-state index contributed by atoms with van der Waals surface area (Å²) in [6.45, 7) is 5.96. The quantitative estimate of drug-likeness (QED) is 0.470. The first-order valence-electron chi connectivity index (χ1n) is 3.06. The molecule has 1 aliphatic carbocycles. The summed E-state index contributed by atoms with van der Waals surface area (Å²) in [6.07, 6.45) is 3.27. The van der Waals surface area contributed by atoms with Gasteiger partial charge in [0.25, 0.3) is 0 Å². The molecule has 46 valence electrons. The van der Waals surface area contributed by atoms with Crippen molar-refractivity contribution in [3.63, 3.8) is 0 Å². The zero-order valence-corrected chi connectivity index (χ0v) is 5.41. The molecule has 8 heavy (non-hydrogen) atoms. The molecule has 0 aromatic heterocycles. The molecule has 2 N–H and O–H groups in total. The number of nitrogens with two attached hydrogens (primary N) is 1. The number of hydrogen-bond donors (Lipinski definition) is 1. The molecule has 1 aliphatic rings. The van der Waals surface area contributed by atoms with Crippen LogP contribution in [0.25, 0.3) is 0 Å². The third kappa shape index (κ3) is 1.10. The lowest BCUT2D eigenvalue weighted by Crippen LogP contribution is -2.31.